The molecule has 0 unspecified atom stereocenters. The maximum Gasteiger partial charge on any atom is 0.163 e. The van der Waals surface area contributed by atoms with Gasteiger partial charge in [0.25, 0.3) is 0 Å². The zero-order chi connectivity index (χ0) is 17.9. The van der Waals surface area contributed by atoms with Crippen molar-refractivity contribution in [2.24, 2.45) is 0 Å². The molecule has 0 amide bonds. The van der Waals surface area contributed by atoms with E-state index in [0.717, 1.165) is 39.2 Å². The third kappa shape index (κ3) is 2.95. The first-order chi connectivity index (χ1) is 12.8. The number of rotatable bonds is 4. The Balaban J connectivity index is 1.86. The summed E-state index contributed by atoms with van der Waals surface area (Å²) in [5, 5.41) is 4.16. The van der Waals surface area contributed by atoms with Gasteiger partial charge in [-0.25, -0.2) is 9.97 Å². The van der Waals surface area contributed by atoms with Crippen LogP contribution in [-0.2, 0) is 0 Å². The average Bonchev–Trinajstić information content (AvgIpc) is 2.73. The number of ether oxygens (including phenoxy) is 1. The summed E-state index contributed by atoms with van der Waals surface area (Å²) in [6.07, 6.45) is 3.51. The molecule has 4 aromatic rings. The van der Waals surface area contributed by atoms with Crippen LogP contribution >= 0.6 is 0 Å². The molecule has 0 aliphatic rings. The molecule has 4 rings (SSSR count). The number of methoxy groups -OCH3 is 1. The molecule has 0 radical (unpaired) electrons. The van der Waals surface area contributed by atoms with Crippen LogP contribution in [0.4, 0.5) is 5.82 Å². The Bertz CT molecular complexity index is 1060. The molecule has 0 saturated carbocycles. The molecule has 0 aliphatic carbocycles. The number of nitrogens with one attached hydrogen (secondary N) is 1. The zero-order valence-electron chi connectivity index (χ0n) is 14.6. The Labute approximate surface area is 151 Å². The van der Waals surface area contributed by atoms with Gasteiger partial charge in [-0.05, 0) is 47.5 Å². The smallest absolute Gasteiger partial charge is 0.163 e. The van der Waals surface area contributed by atoms with Gasteiger partial charge in [0.1, 0.15) is 11.6 Å². The highest BCUT2D eigenvalue weighted by Crippen LogP contribution is 2.30. The molecule has 5 heteroatoms. The SMILES string of the molecule is CNc1nc(-c2cccnc2)nc2ccc(-c3cccc(OC)c3)cc12. The molecule has 0 bridgehead atoms. The molecule has 2 aromatic heterocycles. The maximum absolute atomic E-state index is 5.33. The van der Waals surface area contributed by atoms with Gasteiger partial charge in [0.2, 0.25) is 0 Å². The molecule has 0 saturated heterocycles. The molecule has 2 aromatic carbocycles. The van der Waals surface area contributed by atoms with Gasteiger partial charge >= 0.3 is 0 Å². The highest BCUT2D eigenvalue weighted by atomic mass is 16.5. The minimum absolute atomic E-state index is 0.657. The summed E-state index contributed by atoms with van der Waals surface area (Å²) in [5.41, 5.74) is 3.95. The van der Waals surface area contributed by atoms with Gasteiger partial charge in [0.05, 0.1) is 12.6 Å². The molecule has 5 nitrogen and oxygen atoms in total. The van der Waals surface area contributed by atoms with E-state index in [9.17, 15) is 0 Å². The summed E-state index contributed by atoms with van der Waals surface area (Å²) in [7, 11) is 3.54. The number of fused-ring (bicyclic) bond motifs is 1. The number of hydrogen-bond acceptors (Lipinski definition) is 5. The van der Waals surface area contributed by atoms with Gasteiger partial charge in [0, 0.05) is 30.4 Å². The van der Waals surface area contributed by atoms with Crippen LogP contribution in [0.5, 0.6) is 5.75 Å². The average molecular weight is 342 g/mol. The lowest BCUT2D eigenvalue weighted by atomic mass is 10.0. The zero-order valence-corrected chi connectivity index (χ0v) is 14.6. The monoisotopic (exact) mass is 342 g/mol. The molecule has 128 valence electrons. The Hall–Kier alpha value is -3.47. The number of benzene rings is 2. The molecular formula is C21H18N4O. The fourth-order valence-electron chi connectivity index (χ4n) is 2.93. The van der Waals surface area contributed by atoms with Gasteiger partial charge in [-0.3, -0.25) is 4.98 Å². The second-order valence-corrected chi connectivity index (χ2v) is 5.85. The molecule has 0 atom stereocenters. The van der Waals surface area contributed by atoms with E-state index in [4.69, 9.17) is 9.72 Å². The van der Waals surface area contributed by atoms with Crippen molar-refractivity contribution in [3.63, 3.8) is 0 Å². The maximum atomic E-state index is 5.33. The third-order valence-corrected chi connectivity index (χ3v) is 4.26. The van der Waals surface area contributed by atoms with E-state index in [1.54, 1.807) is 19.5 Å². The quantitative estimate of drug-likeness (QED) is 0.595. The van der Waals surface area contributed by atoms with Crippen molar-refractivity contribution < 1.29 is 4.74 Å². The van der Waals surface area contributed by atoms with Crippen molar-refractivity contribution in [3.8, 4) is 28.3 Å². The summed E-state index contributed by atoms with van der Waals surface area (Å²) in [5.74, 6) is 2.28. The van der Waals surface area contributed by atoms with Crippen molar-refractivity contribution in [2.45, 2.75) is 0 Å². The molecule has 0 fully saturated rings. The summed E-state index contributed by atoms with van der Waals surface area (Å²) in [6.45, 7) is 0. The van der Waals surface area contributed by atoms with Crippen LogP contribution in [0.25, 0.3) is 33.4 Å². The van der Waals surface area contributed by atoms with Gasteiger partial charge < -0.3 is 10.1 Å². The van der Waals surface area contributed by atoms with Crippen molar-refractivity contribution in [1.29, 1.82) is 0 Å². The molecular weight excluding hydrogens is 324 g/mol. The summed E-state index contributed by atoms with van der Waals surface area (Å²) in [4.78, 5) is 13.5. The highest BCUT2D eigenvalue weighted by molar-refractivity contribution is 5.93. The number of aromatic nitrogens is 3. The normalized spacial score (nSPS) is 10.7. The topological polar surface area (TPSA) is 59.9 Å². The van der Waals surface area contributed by atoms with E-state index >= 15 is 0 Å². The lowest BCUT2D eigenvalue weighted by Crippen LogP contribution is -1.99. The summed E-state index contributed by atoms with van der Waals surface area (Å²) < 4.78 is 5.33. The van der Waals surface area contributed by atoms with Crippen LogP contribution in [0.3, 0.4) is 0 Å². The molecule has 0 aliphatic heterocycles. The minimum Gasteiger partial charge on any atom is -0.497 e. The van der Waals surface area contributed by atoms with Crippen molar-refractivity contribution >= 4 is 16.7 Å². The highest BCUT2D eigenvalue weighted by Gasteiger charge is 2.10. The first kappa shape index (κ1) is 16.0. The van der Waals surface area contributed by atoms with Crippen LogP contribution in [0.2, 0.25) is 0 Å². The first-order valence-electron chi connectivity index (χ1n) is 8.33. The van der Waals surface area contributed by atoms with E-state index < -0.39 is 0 Å². The summed E-state index contributed by atoms with van der Waals surface area (Å²) >= 11 is 0. The Morgan fingerprint density at radius 1 is 0.885 bits per heavy atom. The van der Waals surface area contributed by atoms with Crippen LogP contribution in [0, 0.1) is 0 Å². The van der Waals surface area contributed by atoms with E-state index in [1.165, 1.54) is 0 Å². The number of nitrogens with zero attached hydrogens (tertiary/aromatic N) is 3. The van der Waals surface area contributed by atoms with Crippen molar-refractivity contribution in [2.75, 3.05) is 19.5 Å². The van der Waals surface area contributed by atoms with Crippen LogP contribution in [0.15, 0.2) is 67.0 Å². The summed E-state index contributed by atoms with van der Waals surface area (Å²) in [6, 6.07) is 18.0. The van der Waals surface area contributed by atoms with Crippen molar-refractivity contribution in [3.05, 3.63) is 67.0 Å². The van der Waals surface area contributed by atoms with Crippen molar-refractivity contribution in [1.82, 2.24) is 15.0 Å². The first-order valence-corrected chi connectivity index (χ1v) is 8.33. The third-order valence-electron chi connectivity index (χ3n) is 4.26. The number of hydrogen-bond donors (Lipinski definition) is 1. The predicted octanol–water partition coefficient (Wildman–Crippen LogP) is 4.41. The van der Waals surface area contributed by atoms with E-state index in [2.05, 4.69) is 33.5 Å². The predicted molar refractivity (Wildman–Crippen MR) is 104 cm³/mol. The van der Waals surface area contributed by atoms with Crippen LogP contribution < -0.4 is 10.1 Å². The van der Waals surface area contributed by atoms with E-state index in [-0.39, 0.29) is 0 Å². The number of pyridine rings is 1. The van der Waals surface area contributed by atoms with E-state index in [1.807, 2.05) is 43.4 Å². The second kappa shape index (κ2) is 6.80. The van der Waals surface area contributed by atoms with Gasteiger partial charge in [0.15, 0.2) is 5.82 Å². The Kier molecular flexibility index (Phi) is 4.19. The molecule has 2 heterocycles. The van der Waals surface area contributed by atoms with Gasteiger partial charge in [-0.2, -0.15) is 0 Å². The molecule has 26 heavy (non-hydrogen) atoms. The second-order valence-electron chi connectivity index (χ2n) is 5.85. The minimum atomic E-state index is 0.657. The Morgan fingerprint density at radius 2 is 1.73 bits per heavy atom. The van der Waals surface area contributed by atoms with Crippen LogP contribution in [0.1, 0.15) is 0 Å². The fourth-order valence-corrected chi connectivity index (χ4v) is 2.93. The number of anilines is 1. The standard InChI is InChI=1S/C21H18N4O/c1-22-21-18-12-15(14-5-3-7-17(11-14)26-2)8-9-19(18)24-20(25-21)16-6-4-10-23-13-16/h3-13H,1-2H3,(H,22,24,25). The van der Waals surface area contributed by atoms with Gasteiger partial charge in [-0.15, -0.1) is 0 Å². The Morgan fingerprint density at radius 3 is 2.50 bits per heavy atom. The van der Waals surface area contributed by atoms with Crippen LogP contribution in [-0.4, -0.2) is 29.1 Å². The fraction of sp³-hybridized carbons (Fsp3) is 0.0952. The van der Waals surface area contributed by atoms with E-state index in [0.29, 0.717) is 5.82 Å². The largest absolute Gasteiger partial charge is 0.497 e. The molecule has 1 N–H and O–H groups in total. The lowest BCUT2D eigenvalue weighted by molar-refractivity contribution is 0.415. The molecule has 0 spiro atoms. The lowest BCUT2D eigenvalue weighted by Gasteiger charge is -2.10. The van der Waals surface area contributed by atoms with Gasteiger partial charge in [-0.1, -0.05) is 18.2 Å².